The largest absolute Gasteiger partial charge is 0.353 e. The molecular formula is C23H22FN7O. The lowest BCUT2D eigenvalue weighted by Crippen LogP contribution is -2.52. The quantitative estimate of drug-likeness (QED) is 0.659. The van der Waals surface area contributed by atoms with Crippen LogP contribution in [0.4, 0.5) is 10.2 Å². The first-order valence-electron chi connectivity index (χ1n) is 10.5. The van der Waals surface area contributed by atoms with Gasteiger partial charge >= 0.3 is 0 Å². The molecule has 1 aromatic carbocycles. The maximum absolute atomic E-state index is 14.7. The van der Waals surface area contributed by atoms with Crippen molar-refractivity contribution in [1.82, 2.24) is 20.1 Å². The minimum atomic E-state index is -0.545. The number of aromatic nitrogens is 3. The van der Waals surface area contributed by atoms with Gasteiger partial charge in [0.1, 0.15) is 5.82 Å². The van der Waals surface area contributed by atoms with Crippen LogP contribution in [0.25, 0.3) is 16.9 Å². The van der Waals surface area contributed by atoms with E-state index in [2.05, 4.69) is 15.2 Å². The van der Waals surface area contributed by atoms with Crippen LogP contribution in [0.15, 0.2) is 36.5 Å². The van der Waals surface area contributed by atoms with Crippen molar-refractivity contribution in [1.29, 1.82) is 5.26 Å². The first kappa shape index (κ1) is 20.2. The van der Waals surface area contributed by atoms with Crippen LogP contribution in [0.5, 0.6) is 0 Å². The van der Waals surface area contributed by atoms with Crippen LogP contribution in [0, 0.1) is 17.1 Å². The fourth-order valence-electron chi connectivity index (χ4n) is 4.48. The molecule has 162 valence electrons. The number of carbonyl (C=O) groups excluding carboxylic acids is 1. The molecule has 8 nitrogen and oxygen atoms in total. The summed E-state index contributed by atoms with van der Waals surface area (Å²) in [5, 5.41) is 16.9. The lowest BCUT2D eigenvalue weighted by Gasteiger charge is -2.37. The Hall–Kier alpha value is -3.77. The van der Waals surface area contributed by atoms with E-state index in [1.165, 1.54) is 12.1 Å². The molecule has 0 bridgehead atoms. The number of piperidine rings is 1. The Labute approximate surface area is 184 Å². The van der Waals surface area contributed by atoms with Gasteiger partial charge in [-0.2, -0.15) is 10.4 Å². The number of benzene rings is 1. The fourth-order valence-corrected chi connectivity index (χ4v) is 4.48. The molecule has 0 unspecified atom stereocenters. The fraction of sp³-hybridized carbons (Fsp3) is 0.304. The summed E-state index contributed by atoms with van der Waals surface area (Å²) in [7, 11) is 0. The lowest BCUT2D eigenvalue weighted by molar-refractivity contribution is 0.0965. The summed E-state index contributed by atoms with van der Waals surface area (Å²) in [4.78, 5) is 19.2. The topological polar surface area (TPSA) is 113 Å². The number of nitrogens with two attached hydrogens (primary N) is 1. The highest BCUT2D eigenvalue weighted by Crippen LogP contribution is 2.32. The third-order valence-electron chi connectivity index (χ3n) is 5.98. The molecule has 3 aromatic rings. The van der Waals surface area contributed by atoms with E-state index in [0.29, 0.717) is 23.5 Å². The van der Waals surface area contributed by atoms with Gasteiger partial charge in [0.15, 0.2) is 5.82 Å². The molecule has 2 aromatic heterocycles. The van der Waals surface area contributed by atoms with Crippen LogP contribution in [-0.2, 0) is 6.54 Å². The molecule has 2 aliphatic rings. The molecule has 1 fully saturated rings. The third kappa shape index (κ3) is 3.39. The number of nitrogens with one attached hydrogen (secondary N) is 1. The Morgan fingerprint density at radius 2 is 2.16 bits per heavy atom. The molecule has 0 saturated carbocycles. The zero-order valence-corrected chi connectivity index (χ0v) is 17.6. The maximum atomic E-state index is 14.7. The Balaban J connectivity index is 1.62. The zero-order valence-electron chi connectivity index (χ0n) is 17.6. The standard InChI is InChI=1S/C23H22FN7O/c1-23(26)7-3-8-30(13-23)19-6-9-31(29-19)18-10-16(28-17-12-27-22(32)21(17)18)20-14(11-25)4-2-5-15(20)24/h2,4-6,9-10H,3,7-8,12-13,26H2,1H3,(H,27,32)/t23-/m1/s1. The number of amides is 1. The van der Waals surface area contributed by atoms with E-state index in [1.807, 2.05) is 19.1 Å². The smallest absolute Gasteiger partial charge is 0.255 e. The summed E-state index contributed by atoms with van der Waals surface area (Å²) < 4.78 is 16.3. The van der Waals surface area contributed by atoms with Crippen molar-refractivity contribution in [2.75, 3.05) is 18.0 Å². The number of nitrogens with zero attached hydrogens (tertiary/aromatic N) is 5. The van der Waals surface area contributed by atoms with Crippen LogP contribution in [0.3, 0.4) is 0 Å². The van der Waals surface area contributed by atoms with E-state index in [4.69, 9.17) is 10.8 Å². The van der Waals surface area contributed by atoms with E-state index in [9.17, 15) is 14.4 Å². The number of rotatable bonds is 3. The average Bonchev–Trinajstić information content (AvgIpc) is 3.40. The Morgan fingerprint density at radius 1 is 1.31 bits per heavy atom. The molecule has 4 heterocycles. The van der Waals surface area contributed by atoms with Crippen molar-refractivity contribution < 1.29 is 9.18 Å². The lowest BCUT2D eigenvalue weighted by atomic mass is 9.92. The number of carbonyl (C=O) groups is 1. The van der Waals surface area contributed by atoms with E-state index >= 15 is 0 Å². The van der Waals surface area contributed by atoms with Gasteiger partial charge in [0.2, 0.25) is 0 Å². The highest BCUT2D eigenvalue weighted by molar-refractivity contribution is 6.01. The van der Waals surface area contributed by atoms with Gasteiger partial charge in [-0.1, -0.05) is 6.07 Å². The van der Waals surface area contributed by atoms with Crippen molar-refractivity contribution in [3.8, 4) is 23.0 Å². The molecule has 1 amide bonds. The normalized spacial score (nSPS) is 20.1. The van der Waals surface area contributed by atoms with Gasteiger partial charge < -0.3 is 16.0 Å². The molecule has 1 atom stereocenters. The zero-order chi connectivity index (χ0) is 22.5. The summed E-state index contributed by atoms with van der Waals surface area (Å²) in [6.07, 6.45) is 3.70. The number of hydrogen-bond donors (Lipinski definition) is 2. The van der Waals surface area contributed by atoms with Crippen molar-refractivity contribution in [3.63, 3.8) is 0 Å². The second kappa shape index (κ2) is 7.43. The molecule has 0 aliphatic carbocycles. The highest BCUT2D eigenvalue weighted by Gasteiger charge is 2.30. The van der Waals surface area contributed by atoms with E-state index in [0.717, 1.165) is 25.2 Å². The first-order valence-corrected chi connectivity index (χ1v) is 10.5. The monoisotopic (exact) mass is 431 g/mol. The van der Waals surface area contributed by atoms with Gasteiger partial charge in [0.25, 0.3) is 5.91 Å². The minimum Gasteiger partial charge on any atom is -0.353 e. The van der Waals surface area contributed by atoms with Gasteiger partial charge in [-0.05, 0) is 38.0 Å². The van der Waals surface area contributed by atoms with Crippen LogP contribution in [0.1, 0.15) is 41.4 Å². The van der Waals surface area contributed by atoms with Crippen LogP contribution < -0.4 is 16.0 Å². The highest BCUT2D eigenvalue weighted by atomic mass is 19.1. The average molecular weight is 431 g/mol. The second-order valence-electron chi connectivity index (χ2n) is 8.60. The van der Waals surface area contributed by atoms with Gasteiger partial charge in [0, 0.05) is 30.9 Å². The number of fused-ring (bicyclic) bond motifs is 1. The molecule has 0 radical (unpaired) electrons. The maximum Gasteiger partial charge on any atom is 0.255 e. The van der Waals surface area contributed by atoms with Crippen LogP contribution in [0.2, 0.25) is 0 Å². The van der Waals surface area contributed by atoms with Crippen molar-refractivity contribution in [2.45, 2.75) is 31.8 Å². The van der Waals surface area contributed by atoms with Crippen molar-refractivity contribution in [3.05, 3.63) is 59.2 Å². The van der Waals surface area contributed by atoms with Crippen LogP contribution >= 0.6 is 0 Å². The predicted octanol–water partition coefficient (Wildman–Crippen LogP) is 2.51. The minimum absolute atomic E-state index is 0.112. The summed E-state index contributed by atoms with van der Waals surface area (Å²) >= 11 is 0. The Bertz CT molecular complexity index is 1270. The molecule has 3 N–H and O–H groups in total. The van der Waals surface area contributed by atoms with E-state index < -0.39 is 5.82 Å². The van der Waals surface area contributed by atoms with Gasteiger partial charge in [-0.3, -0.25) is 4.79 Å². The molecule has 9 heteroatoms. The van der Waals surface area contributed by atoms with Crippen molar-refractivity contribution >= 4 is 11.7 Å². The molecular weight excluding hydrogens is 409 g/mol. The summed E-state index contributed by atoms with van der Waals surface area (Å²) in [5.74, 6) is -0.0421. The molecule has 32 heavy (non-hydrogen) atoms. The van der Waals surface area contributed by atoms with Gasteiger partial charge in [-0.25, -0.2) is 14.1 Å². The summed E-state index contributed by atoms with van der Waals surface area (Å²) in [6, 6.07) is 9.84. The van der Waals surface area contributed by atoms with E-state index in [1.54, 1.807) is 23.0 Å². The Kier molecular flexibility index (Phi) is 4.68. The summed E-state index contributed by atoms with van der Waals surface area (Å²) in [6.45, 7) is 3.80. The first-order chi connectivity index (χ1) is 15.4. The Morgan fingerprint density at radius 3 is 2.94 bits per heavy atom. The van der Waals surface area contributed by atoms with E-state index in [-0.39, 0.29) is 34.8 Å². The number of halogens is 1. The number of nitriles is 1. The molecule has 2 aliphatic heterocycles. The summed E-state index contributed by atoms with van der Waals surface area (Å²) in [5.41, 5.74) is 8.03. The molecule has 0 spiro atoms. The predicted molar refractivity (Wildman–Crippen MR) is 117 cm³/mol. The van der Waals surface area contributed by atoms with Gasteiger partial charge in [-0.15, -0.1) is 0 Å². The van der Waals surface area contributed by atoms with Crippen LogP contribution in [-0.4, -0.2) is 39.3 Å². The number of hydrogen-bond acceptors (Lipinski definition) is 6. The van der Waals surface area contributed by atoms with Gasteiger partial charge in [0.05, 0.1) is 46.4 Å². The van der Waals surface area contributed by atoms with Crippen molar-refractivity contribution in [2.24, 2.45) is 5.73 Å². The SMILES string of the molecule is C[C@@]1(N)CCCN(c2ccn(-c3cc(-c4c(F)cccc4C#N)nc4c3C(=O)NC4)n2)C1. The third-order valence-corrected chi connectivity index (χ3v) is 5.98. The second-order valence-corrected chi connectivity index (χ2v) is 8.60. The molecule has 5 rings (SSSR count). The molecule has 1 saturated heterocycles. The number of pyridine rings is 1. The number of anilines is 1.